The van der Waals surface area contributed by atoms with E-state index in [1.807, 2.05) is 32.0 Å². The third-order valence-corrected chi connectivity index (χ3v) is 4.36. The topological polar surface area (TPSA) is 49.3 Å². The molecule has 2 rings (SSSR count). The molecule has 0 bridgehead atoms. The molecule has 0 saturated heterocycles. The van der Waals surface area contributed by atoms with Crippen LogP contribution in [-0.4, -0.2) is 17.1 Å². The maximum Gasteiger partial charge on any atom is 0.320 e. The van der Waals surface area contributed by atoms with Crippen LogP contribution < -0.4 is 5.32 Å². The Morgan fingerprint density at radius 2 is 2.10 bits per heavy atom. The average molecular weight is 296 g/mol. The van der Waals surface area contributed by atoms with E-state index in [1.165, 1.54) is 5.56 Å². The van der Waals surface area contributed by atoms with Gasteiger partial charge in [-0.15, -0.1) is 0 Å². The molecule has 0 radical (unpaired) electrons. The molecule has 20 heavy (non-hydrogen) atoms. The molecule has 0 spiro atoms. The van der Waals surface area contributed by atoms with E-state index in [0.29, 0.717) is 5.02 Å². The van der Waals surface area contributed by atoms with Gasteiger partial charge in [-0.25, -0.2) is 0 Å². The van der Waals surface area contributed by atoms with Crippen LogP contribution in [0.25, 0.3) is 0 Å². The highest BCUT2D eigenvalue weighted by molar-refractivity contribution is 6.30. The van der Waals surface area contributed by atoms with Crippen molar-refractivity contribution in [1.29, 1.82) is 0 Å². The molecule has 1 aromatic rings. The number of benzene rings is 1. The summed E-state index contributed by atoms with van der Waals surface area (Å²) in [5, 5.41) is 13.4. The van der Waals surface area contributed by atoms with Crippen molar-refractivity contribution in [3.05, 3.63) is 34.3 Å². The van der Waals surface area contributed by atoms with Gasteiger partial charge in [0.1, 0.15) is 6.04 Å². The summed E-state index contributed by atoms with van der Waals surface area (Å²) in [5.41, 5.74) is 2.37. The lowest BCUT2D eigenvalue weighted by molar-refractivity contribution is -0.141. The van der Waals surface area contributed by atoms with Gasteiger partial charge in [-0.3, -0.25) is 10.1 Å². The zero-order valence-corrected chi connectivity index (χ0v) is 13.2. The van der Waals surface area contributed by atoms with E-state index in [1.54, 1.807) is 0 Å². The largest absolute Gasteiger partial charge is 0.480 e. The Hall–Kier alpha value is -1.06. The number of hydrogen-bond acceptors (Lipinski definition) is 2. The van der Waals surface area contributed by atoms with Crippen molar-refractivity contribution in [2.75, 3.05) is 0 Å². The zero-order valence-electron chi connectivity index (χ0n) is 12.4. The number of halogens is 1. The first-order chi connectivity index (χ1) is 9.22. The lowest BCUT2D eigenvalue weighted by Gasteiger charge is -2.32. The second-order valence-corrected chi connectivity index (χ2v) is 7.10. The van der Waals surface area contributed by atoms with Gasteiger partial charge < -0.3 is 5.11 Å². The van der Waals surface area contributed by atoms with Gasteiger partial charge in [0.15, 0.2) is 0 Å². The Balaban J connectivity index is 2.35. The van der Waals surface area contributed by atoms with Gasteiger partial charge in [0.05, 0.1) is 0 Å². The van der Waals surface area contributed by atoms with E-state index in [4.69, 9.17) is 11.6 Å². The third kappa shape index (κ3) is 2.84. The fourth-order valence-electron chi connectivity index (χ4n) is 3.05. The molecular formula is C16H22ClNO2. The molecular weight excluding hydrogens is 274 g/mol. The second-order valence-electron chi connectivity index (χ2n) is 6.67. The summed E-state index contributed by atoms with van der Waals surface area (Å²) in [6.07, 6.45) is 0.932. The smallest absolute Gasteiger partial charge is 0.320 e. The monoisotopic (exact) mass is 295 g/mol. The van der Waals surface area contributed by atoms with E-state index < -0.39 is 12.0 Å². The van der Waals surface area contributed by atoms with E-state index in [-0.39, 0.29) is 17.4 Å². The van der Waals surface area contributed by atoms with E-state index in [0.717, 1.165) is 12.0 Å². The van der Waals surface area contributed by atoms with Crippen LogP contribution in [0.2, 0.25) is 5.02 Å². The SMILES string of the molecule is CC(C)C(NC1c2cc(Cl)ccc2CC1(C)C)C(=O)O. The quantitative estimate of drug-likeness (QED) is 0.891. The van der Waals surface area contributed by atoms with Crippen LogP contribution in [0.4, 0.5) is 0 Å². The Bertz CT molecular complexity index is 525. The molecule has 110 valence electrons. The van der Waals surface area contributed by atoms with Gasteiger partial charge in [-0.05, 0) is 41.0 Å². The van der Waals surface area contributed by atoms with Crippen molar-refractivity contribution in [2.45, 2.75) is 46.2 Å². The number of nitrogens with one attached hydrogen (secondary N) is 1. The highest BCUT2D eigenvalue weighted by Gasteiger charge is 2.41. The first-order valence-electron chi connectivity index (χ1n) is 6.99. The van der Waals surface area contributed by atoms with Gasteiger partial charge in [-0.2, -0.15) is 0 Å². The van der Waals surface area contributed by atoms with Crippen LogP contribution in [0.3, 0.4) is 0 Å². The summed E-state index contributed by atoms with van der Waals surface area (Å²) in [6, 6.07) is 5.37. The summed E-state index contributed by atoms with van der Waals surface area (Å²) in [7, 11) is 0. The van der Waals surface area contributed by atoms with Crippen molar-refractivity contribution in [3.63, 3.8) is 0 Å². The molecule has 4 heteroatoms. The molecule has 2 N–H and O–H groups in total. The number of aliphatic carboxylic acids is 1. The minimum absolute atomic E-state index is 0.0136. The van der Waals surface area contributed by atoms with Crippen LogP contribution in [0.5, 0.6) is 0 Å². The molecule has 0 fully saturated rings. The molecule has 1 aromatic carbocycles. The lowest BCUT2D eigenvalue weighted by Crippen LogP contribution is -2.46. The van der Waals surface area contributed by atoms with Gasteiger partial charge in [0.2, 0.25) is 0 Å². The number of carboxylic acid groups (broad SMARTS) is 1. The summed E-state index contributed by atoms with van der Waals surface area (Å²) in [5.74, 6) is -0.766. The molecule has 0 aromatic heterocycles. The molecule has 0 heterocycles. The first kappa shape index (κ1) is 15.3. The Morgan fingerprint density at radius 1 is 1.45 bits per heavy atom. The fourth-order valence-corrected chi connectivity index (χ4v) is 3.23. The van der Waals surface area contributed by atoms with E-state index in [2.05, 4.69) is 19.2 Å². The number of carbonyl (C=O) groups is 1. The van der Waals surface area contributed by atoms with Gasteiger partial charge in [0.25, 0.3) is 0 Å². The molecule has 0 saturated carbocycles. The van der Waals surface area contributed by atoms with Crippen molar-refractivity contribution < 1.29 is 9.90 Å². The van der Waals surface area contributed by atoms with Gasteiger partial charge in [-0.1, -0.05) is 45.4 Å². The summed E-state index contributed by atoms with van der Waals surface area (Å²) in [4.78, 5) is 11.4. The van der Waals surface area contributed by atoms with Gasteiger partial charge in [0, 0.05) is 11.1 Å². The summed E-state index contributed by atoms with van der Waals surface area (Å²) >= 11 is 6.10. The number of fused-ring (bicyclic) bond motifs is 1. The van der Waals surface area contributed by atoms with Gasteiger partial charge >= 0.3 is 5.97 Å². The van der Waals surface area contributed by atoms with Crippen LogP contribution in [-0.2, 0) is 11.2 Å². The van der Waals surface area contributed by atoms with E-state index in [9.17, 15) is 9.90 Å². The minimum Gasteiger partial charge on any atom is -0.480 e. The van der Waals surface area contributed by atoms with E-state index >= 15 is 0 Å². The molecule has 3 nitrogen and oxygen atoms in total. The highest BCUT2D eigenvalue weighted by atomic mass is 35.5. The third-order valence-electron chi connectivity index (χ3n) is 4.13. The van der Waals surface area contributed by atoms with Crippen LogP contribution in [0.1, 0.15) is 44.9 Å². The minimum atomic E-state index is -0.800. The normalized spacial score (nSPS) is 21.8. The lowest BCUT2D eigenvalue weighted by atomic mass is 9.84. The van der Waals surface area contributed by atoms with Crippen LogP contribution in [0.15, 0.2) is 18.2 Å². The zero-order chi connectivity index (χ0) is 15.1. The summed E-state index contributed by atoms with van der Waals surface area (Å²) in [6.45, 7) is 8.18. The van der Waals surface area contributed by atoms with Crippen molar-refractivity contribution in [3.8, 4) is 0 Å². The van der Waals surface area contributed by atoms with Crippen molar-refractivity contribution in [2.24, 2.45) is 11.3 Å². The number of carboxylic acids is 1. The molecule has 1 aliphatic rings. The number of rotatable bonds is 4. The standard InChI is InChI=1S/C16H22ClNO2/c1-9(2)13(15(19)20)18-14-12-7-11(17)6-5-10(12)8-16(14,3)4/h5-7,9,13-14,18H,8H2,1-4H3,(H,19,20). The fraction of sp³-hybridized carbons (Fsp3) is 0.562. The molecule has 0 amide bonds. The van der Waals surface area contributed by atoms with Crippen molar-refractivity contribution >= 4 is 17.6 Å². The molecule has 2 unspecified atom stereocenters. The van der Waals surface area contributed by atoms with Crippen molar-refractivity contribution in [1.82, 2.24) is 5.32 Å². The van der Waals surface area contributed by atoms with Crippen LogP contribution in [0, 0.1) is 11.3 Å². The molecule has 2 atom stereocenters. The second kappa shape index (κ2) is 5.38. The predicted octanol–water partition coefficient (Wildman–Crippen LogP) is 3.66. The maximum absolute atomic E-state index is 11.4. The van der Waals surface area contributed by atoms with Crippen LogP contribution >= 0.6 is 11.6 Å². The summed E-state index contributed by atoms with van der Waals surface area (Å²) < 4.78 is 0. The predicted molar refractivity (Wildman–Crippen MR) is 81.1 cm³/mol. The number of hydrogen-bond donors (Lipinski definition) is 2. The Morgan fingerprint density at radius 3 is 2.65 bits per heavy atom. The average Bonchev–Trinajstić information content (AvgIpc) is 2.55. The maximum atomic E-state index is 11.4. The Kier molecular flexibility index (Phi) is 4.12. The first-order valence-corrected chi connectivity index (χ1v) is 7.37. The Labute approximate surface area is 125 Å². The molecule has 1 aliphatic carbocycles. The molecule has 0 aliphatic heterocycles. The highest BCUT2D eigenvalue weighted by Crippen LogP contribution is 2.46.